The summed E-state index contributed by atoms with van der Waals surface area (Å²) < 4.78 is 0. The number of aryl methyl sites for hydroxylation is 3. The van der Waals surface area contributed by atoms with Crippen molar-refractivity contribution in [2.75, 3.05) is 5.32 Å². The third-order valence-electron chi connectivity index (χ3n) is 5.41. The van der Waals surface area contributed by atoms with E-state index in [2.05, 4.69) is 72.7 Å². The van der Waals surface area contributed by atoms with Gasteiger partial charge in [0.2, 0.25) is 5.91 Å². The van der Waals surface area contributed by atoms with E-state index in [-0.39, 0.29) is 11.2 Å². The Morgan fingerprint density at radius 3 is 2.09 bits per heavy atom. The van der Waals surface area contributed by atoms with Crippen molar-refractivity contribution in [2.45, 2.75) is 38.1 Å². The van der Waals surface area contributed by atoms with Gasteiger partial charge in [-0.3, -0.25) is 4.79 Å². The normalized spacial score (nSPS) is 11.9. The van der Waals surface area contributed by atoms with Crippen molar-refractivity contribution < 1.29 is 4.79 Å². The number of anilines is 1. The van der Waals surface area contributed by atoms with Crippen LogP contribution in [0.25, 0.3) is 22.5 Å². The van der Waals surface area contributed by atoms with E-state index in [4.69, 9.17) is 4.98 Å². The van der Waals surface area contributed by atoms with Gasteiger partial charge in [-0.1, -0.05) is 89.6 Å². The van der Waals surface area contributed by atoms with Crippen molar-refractivity contribution in [3.8, 4) is 22.5 Å². The molecular weight excluding hydrogens is 414 g/mol. The Balaban J connectivity index is 1.62. The van der Waals surface area contributed by atoms with Gasteiger partial charge in [0.25, 0.3) is 0 Å². The lowest BCUT2D eigenvalue weighted by molar-refractivity contribution is -0.115. The van der Waals surface area contributed by atoms with E-state index in [0.717, 1.165) is 38.9 Å². The molecule has 0 aliphatic heterocycles. The lowest BCUT2D eigenvalue weighted by atomic mass is 10.0. The molecule has 1 heterocycles. The van der Waals surface area contributed by atoms with Crippen molar-refractivity contribution in [3.63, 3.8) is 0 Å². The number of aromatic amines is 1. The zero-order valence-electron chi connectivity index (χ0n) is 18.8. The van der Waals surface area contributed by atoms with Gasteiger partial charge in [0, 0.05) is 16.8 Å². The standard InChI is InChI=1S/C27H27N3OS/c1-17-9-13-21(14-10-17)24-25(22-15-11-18(2)12-16-22)30-27(29-24)32-20(4)26(31)28-23-8-6-5-7-19(23)3/h5-16,20H,1-4H3,(H,28,31)(H,29,30). The topological polar surface area (TPSA) is 57.8 Å². The number of benzene rings is 3. The monoisotopic (exact) mass is 441 g/mol. The maximum Gasteiger partial charge on any atom is 0.237 e. The van der Waals surface area contributed by atoms with Gasteiger partial charge in [0.05, 0.1) is 16.6 Å². The van der Waals surface area contributed by atoms with Crippen LogP contribution in [-0.4, -0.2) is 21.1 Å². The number of rotatable bonds is 6. The van der Waals surface area contributed by atoms with Gasteiger partial charge in [0.15, 0.2) is 5.16 Å². The highest BCUT2D eigenvalue weighted by Crippen LogP contribution is 2.34. The molecule has 2 N–H and O–H groups in total. The summed E-state index contributed by atoms with van der Waals surface area (Å²) in [6, 6.07) is 24.6. The Morgan fingerprint density at radius 1 is 0.875 bits per heavy atom. The fourth-order valence-corrected chi connectivity index (χ4v) is 4.23. The molecule has 32 heavy (non-hydrogen) atoms. The van der Waals surface area contributed by atoms with Gasteiger partial charge in [-0.15, -0.1) is 0 Å². The average molecular weight is 442 g/mol. The van der Waals surface area contributed by atoms with Crippen LogP contribution in [0, 0.1) is 20.8 Å². The van der Waals surface area contributed by atoms with Crippen LogP contribution in [0.1, 0.15) is 23.6 Å². The summed E-state index contributed by atoms with van der Waals surface area (Å²) in [5.41, 5.74) is 8.27. The van der Waals surface area contributed by atoms with Crippen LogP contribution in [0.5, 0.6) is 0 Å². The minimum atomic E-state index is -0.308. The Bertz CT molecular complexity index is 1160. The minimum absolute atomic E-state index is 0.0468. The van der Waals surface area contributed by atoms with Gasteiger partial charge in [-0.05, 0) is 39.3 Å². The van der Waals surface area contributed by atoms with Crippen molar-refractivity contribution in [2.24, 2.45) is 0 Å². The fourth-order valence-electron chi connectivity index (χ4n) is 3.43. The molecule has 5 heteroatoms. The molecule has 162 valence electrons. The van der Waals surface area contributed by atoms with E-state index >= 15 is 0 Å². The molecule has 0 saturated carbocycles. The summed E-state index contributed by atoms with van der Waals surface area (Å²) in [6.45, 7) is 8.04. The second kappa shape index (κ2) is 9.45. The molecule has 0 aliphatic carbocycles. The molecule has 1 atom stereocenters. The van der Waals surface area contributed by atoms with Crippen LogP contribution >= 0.6 is 11.8 Å². The predicted octanol–water partition coefficient (Wildman–Crippen LogP) is 6.79. The molecule has 0 saturated heterocycles. The third-order valence-corrected chi connectivity index (χ3v) is 6.39. The Labute approximate surface area is 193 Å². The molecule has 4 nitrogen and oxygen atoms in total. The number of nitrogens with one attached hydrogen (secondary N) is 2. The molecule has 0 spiro atoms. The number of carbonyl (C=O) groups excluding carboxylic acids is 1. The van der Waals surface area contributed by atoms with E-state index in [1.807, 2.05) is 38.1 Å². The first-order chi connectivity index (χ1) is 15.4. The highest BCUT2D eigenvalue weighted by Gasteiger charge is 2.20. The number of hydrogen-bond acceptors (Lipinski definition) is 3. The predicted molar refractivity (Wildman–Crippen MR) is 134 cm³/mol. The highest BCUT2D eigenvalue weighted by atomic mass is 32.2. The Kier molecular flexibility index (Phi) is 6.47. The molecule has 1 amide bonds. The van der Waals surface area contributed by atoms with Gasteiger partial charge in [0.1, 0.15) is 0 Å². The number of nitrogens with zero attached hydrogens (tertiary/aromatic N) is 1. The molecule has 1 unspecified atom stereocenters. The van der Waals surface area contributed by atoms with E-state index < -0.39 is 0 Å². The number of amides is 1. The molecule has 4 aromatic rings. The Morgan fingerprint density at radius 2 is 1.47 bits per heavy atom. The molecule has 0 fully saturated rings. The summed E-state index contributed by atoms with van der Waals surface area (Å²) in [6.07, 6.45) is 0. The smallest absolute Gasteiger partial charge is 0.237 e. The lowest BCUT2D eigenvalue weighted by Crippen LogP contribution is -2.22. The molecular formula is C27H27N3OS. The van der Waals surface area contributed by atoms with Gasteiger partial charge in [-0.25, -0.2) is 4.98 Å². The van der Waals surface area contributed by atoms with Crippen LogP contribution in [0.3, 0.4) is 0 Å². The van der Waals surface area contributed by atoms with E-state index in [1.54, 1.807) is 0 Å². The molecule has 0 bridgehead atoms. The number of thioether (sulfide) groups is 1. The van der Waals surface area contributed by atoms with Crippen molar-refractivity contribution in [1.82, 2.24) is 9.97 Å². The third kappa shape index (κ3) is 4.94. The second-order valence-corrected chi connectivity index (χ2v) is 9.39. The second-order valence-electron chi connectivity index (χ2n) is 8.06. The van der Waals surface area contributed by atoms with Gasteiger partial charge in [-0.2, -0.15) is 0 Å². The lowest BCUT2D eigenvalue weighted by Gasteiger charge is -2.12. The first-order valence-electron chi connectivity index (χ1n) is 10.7. The van der Waals surface area contributed by atoms with Crippen molar-refractivity contribution >= 4 is 23.4 Å². The number of hydrogen-bond donors (Lipinski definition) is 2. The van der Waals surface area contributed by atoms with E-state index in [9.17, 15) is 4.79 Å². The fraction of sp³-hybridized carbons (Fsp3) is 0.185. The van der Waals surface area contributed by atoms with Crippen LogP contribution < -0.4 is 5.32 Å². The maximum absolute atomic E-state index is 12.8. The van der Waals surface area contributed by atoms with Crippen molar-refractivity contribution in [1.29, 1.82) is 0 Å². The molecule has 3 aromatic carbocycles. The Hall–Kier alpha value is -3.31. The zero-order valence-corrected chi connectivity index (χ0v) is 19.6. The zero-order chi connectivity index (χ0) is 22.7. The molecule has 4 rings (SSSR count). The molecule has 0 aliphatic rings. The maximum atomic E-state index is 12.8. The largest absolute Gasteiger partial charge is 0.332 e. The quantitative estimate of drug-likeness (QED) is 0.324. The molecule has 0 radical (unpaired) electrons. The number of carbonyl (C=O) groups is 1. The van der Waals surface area contributed by atoms with E-state index in [1.165, 1.54) is 22.9 Å². The summed E-state index contributed by atoms with van der Waals surface area (Å²) in [5, 5.41) is 3.44. The number of para-hydroxylation sites is 1. The van der Waals surface area contributed by atoms with Crippen LogP contribution in [-0.2, 0) is 4.79 Å². The van der Waals surface area contributed by atoms with Gasteiger partial charge >= 0.3 is 0 Å². The van der Waals surface area contributed by atoms with Crippen LogP contribution in [0.4, 0.5) is 5.69 Å². The number of imidazole rings is 1. The van der Waals surface area contributed by atoms with Crippen LogP contribution in [0.15, 0.2) is 78.0 Å². The van der Waals surface area contributed by atoms with Crippen molar-refractivity contribution in [3.05, 3.63) is 89.5 Å². The number of aromatic nitrogens is 2. The minimum Gasteiger partial charge on any atom is -0.332 e. The summed E-state index contributed by atoms with van der Waals surface area (Å²) in [4.78, 5) is 21.1. The highest BCUT2D eigenvalue weighted by molar-refractivity contribution is 8.00. The SMILES string of the molecule is Cc1ccc(-c2nc(SC(C)C(=O)Nc3ccccc3C)[nH]c2-c2ccc(C)cc2)cc1. The summed E-state index contributed by atoms with van der Waals surface area (Å²) in [5.74, 6) is -0.0468. The number of H-pyrrole nitrogens is 1. The first-order valence-corrected chi connectivity index (χ1v) is 11.6. The molecule has 1 aromatic heterocycles. The van der Waals surface area contributed by atoms with Crippen LogP contribution in [0.2, 0.25) is 0 Å². The summed E-state index contributed by atoms with van der Waals surface area (Å²) >= 11 is 1.43. The van der Waals surface area contributed by atoms with Gasteiger partial charge < -0.3 is 10.3 Å². The van der Waals surface area contributed by atoms with E-state index in [0.29, 0.717) is 0 Å². The average Bonchev–Trinajstić information content (AvgIpc) is 3.20. The first kappa shape index (κ1) is 21.9. The summed E-state index contributed by atoms with van der Waals surface area (Å²) in [7, 11) is 0.